The molecule has 3 aromatic rings. The first-order valence-electron chi connectivity index (χ1n) is 8.89. The van der Waals surface area contributed by atoms with Crippen LogP contribution in [-0.2, 0) is 0 Å². The molecule has 1 aliphatic rings. The van der Waals surface area contributed by atoms with Crippen LogP contribution in [0.3, 0.4) is 0 Å². The highest BCUT2D eigenvalue weighted by Crippen LogP contribution is 2.43. The van der Waals surface area contributed by atoms with Crippen LogP contribution >= 0.6 is 0 Å². The Morgan fingerprint density at radius 2 is 1.12 bits per heavy atom. The molecule has 0 aromatic heterocycles. The fourth-order valence-corrected chi connectivity index (χ4v) is 3.66. The van der Waals surface area contributed by atoms with E-state index in [-0.39, 0.29) is 5.78 Å². The van der Waals surface area contributed by atoms with Crippen molar-refractivity contribution in [1.29, 1.82) is 0 Å². The standard InChI is InChI=1S/C25H20O/c1-18-22(19-11-5-2-6-12-19)17-23(20-13-7-3-8-14-20)24(18)25(26)21-15-9-4-10-16-21/h2-16H,17H2,1H3. The van der Waals surface area contributed by atoms with E-state index in [1.54, 1.807) is 0 Å². The van der Waals surface area contributed by atoms with Crippen molar-refractivity contribution in [2.24, 2.45) is 0 Å². The molecule has 0 heterocycles. The molecule has 0 unspecified atom stereocenters. The Labute approximate surface area is 154 Å². The van der Waals surface area contributed by atoms with E-state index in [2.05, 4.69) is 43.3 Å². The summed E-state index contributed by atoms with van der Waals surface area (Å²) in [6.45, 7) is 2.08. The molecular formula is C25H20O. The normalized spacial score (nSPS) is 14.0. The maximum atomic E-state index is 13.3. The van der Waals surface area contributed by atoms with Gasteiger partial charge in [-0.2, -0.15) is 0 Å². The van der Waals surface area contributed by atoms with E-state index in [1.165, 1.54) is 11.1 Å². The highest BCUT2D eigenvalue weighted by molar-refractivity contribution is 6.19. The lowest BCUT2D eigenvalue weighted by Crippen LogP contribution is -2.05. The Bertz CT molecular complexity index is 994. The second-order valence-electron chi connectivity index (χ2n) is 6.56. The smallest absolute Gasteiger partial charge is 0.193 e. The zero-order valence-electron chi connectivity index (χ0n) is 14.8. The maximum absolute atomic E-state index is 13.3. The van der Waals surface area contributed by atoms with Crippen LogP contribution in [0, 0.1) is 0 Å². The molecule has 1 aliphatic carbocycles. The number of hydrogen-bond acceptors (Lipinski definition) is 1. The van der Waals surface area contributed by atoms with Crippen molar-refractivity contribution < 1.29 is 4.79 Å². The average molecular weight is 336 g/mol. The Morgan fingerprint density at radius 3 is 1.65 bits per heavy atom. The number of benzene rings is 3. The first-order valence-corrected chi connectivity index (χ1v) is 8.89. The molecule has 0 atom stereocenters. The van der Waals surface area contributed by atoms with Crippen LogP contribution in [0.25, 0.3) is 11.1 Å². The van der Waals surface area contributed by atoms with E-state index in [1.807, 2.05) is 54.6 Å². The second-order valence-corrected chi connectivity index (χ2v) is 6.56. The highest BCUT2D eigenvalue weighted by atomic mass is 16.1. The largest absolute Gasteiger partial charge is 0.289 e. The molecule has 0 saturated heterocycles. The number of allylic oxidation sites excluding steroid dienone is 4. The fourth-order valence-electron chi connectivity index (χ4n) is 3.66. The van der Waals surface area contributed by atoms with Crippen molar-refractivity contribution >= 4 is 16.9 Å². The van der Waals surface area contributed by atoms with Crippen molar-refractivity contribution in [2.75, 3.05) is 0 Å². The molecule has 4 rings (SSSR count). The minimum atomic E-state index is 0.105. The zero-order chi connectivity index (χ0) is 17.9. The SMILES string of the molecule is CC1=C(c2ccccc2)CC(c2ccccc2)=C1C(=O)c1ccccc1. The fraction of sp³-hybridized carbons (Fsp3) is 0.0800. The second kappa shape index (κ2) is 6.97. The minimum Gasteiger partial charge on any atom is -0.289 e. The predicted octanol–water partition coefficient (Wildman–Crippen LogP) is 6.20. The van der Waals surface area contributed by atoms with Gasteiger partial charge in [-0.25, -0.2) is 0 Å². The zero-order valence-corrected chi connectivity index (χ0v) is 14.8. The van der Waals surface area contributed by atoms with Crippen molar-refractivity contribution in [1.82, 2.24) is 0 Å². The number of carbonyl (C=O) groups is 1. The quantitative estimate of drug-likeness (QED) is 0.518. The third-order valence-corrected chi connectivity index (χ3v) is 4.99. The van der Waals surface area contributed by atoms with E-state index < -0.39 is 0 Å². The van der Waals surface area contributed by atoms with E-state index in [0.29, 0.717) is 0 Å². The lowest BCUT2D eigenvalue weighted by molar-refractivity contribution is 0.103. The minimum absolute atomic E-state index is 0.105. The molecule has 0 amide bonds. The Morgan fingerprint density at radius 1 is 0.654 bits per heavy atom. The molecule has 3 aromatic carbocycles. The van der Waals surface area contributed by atoms with Gasteiger partial charge >= 0.3 is 0 Å². The van der Waals surface area contributed by atoms with Crippen molar-refractivity contribution in [2.45, 2.75) is 13.3 Å². The summed E-state index contributed by atoms with van der Waals surface area (Å²) >= 11 is 0. The van der Waals surface area contributed by atoms with Gasteiger partial charge in [0.25, 0.3) is 0 Å². The van der Waals surface area contributed by atoms with Crippen molar-refractivity contribution in [3.05, 3.63) is 119 Å². The van der Waals surface area contributed by atoms with Crippen LogP contribution in [0.15, 0.2) is 102 Å². The van der Waals surface area contributed by atoms with Gasteiger partial charge in [0.1, 0.15) is 0 Å². The number of rotatable bonds is 4. The van der Waals surface area contributed by atoms with E-state index in [4.69, 9.17) is 0 Å². The van der Waals surface area contributed by atoms with Gasteiger partial charge in [0.05, 0.1) is 0 Å². The van der Waals surface area contributed by atoms with E-state index in [9.17, 15) is 4.79 Å². The van der Waals surface area contributed by atoms with Crippen molar-refractivity contribution in [3.63, 3.8) is 0 Å². The summed E-state index contributed by atoms with van der Waals surface area (Å²) in [6.07, 6.45) is 0.785. The molecule has 0 radical (unpaired) electrons. The summed E-state index contributed by atoms with van der Waals surface area (Å²) in [6, 6.07) is 30.2. The van der Waals surface area contributed by atoms with Gasteiger partial charge in [0, 0.05) is 11.1 Å². The first kappa shape index (κ1) is 16.3. The van der Waals surface area contributed by atoms with E-state index in [0.717, 1.165) is 34.3 Å². The van der Waals surface area contributed by atoms with Gasteiger partial charge in [0.2, 0.25) is 0 Å². The molecule has 26 heavy (non-hydrogen) atoms. The molecule has 1 heteroatoms. The summed E-state index contributed by atoms with van der Waals surface area (Å²) in [4.78, 5) is 13.3. The van der Waals surface area contributed by atoms with E-state index >= 15 is 0 Å². The van der Waals surface area contributed by atoms with Gasteiger partial charge < -0.3 is 0 Å². The summed E-state index contributed by atoms with van der Waals surface area (Å²) in [7, 11) is 0. The third-order valence-electron chi connectivity index (χ3n) is 4.99. The average Bonchev–Trinajstić information content (AvgIpc) is 3.06. The van der Waals surface area contributed by atoms with Gasteiger partial charge in [-0.3, -0.25) is 4.79 Å². The van der Waals surface area contributed by atoms with Crippen LogP contribution in [-0.4, -0.2) is 5.78 Å². The summed E-state index contributed by atoms with van der Waals surface area (Å²) < 4.78 is 0. The molecule has 0 bridgehead atoms. The Hall–Kier alpha value is -3.19. The van der Waals surface area contributed by atoms with Gasteiger partial charge in [-0.15, -0.1) is 0 Å². The number of Topliss-reactive ketones (excluding diaryl/α,β-unsaturated/α-hetero) is 1. The lowest BCUT2D eigenvalue weighted by Gasteiger charge is -2.09. The molecule has 1 nitrogen and oxygen atoms in total. The summed E-state index contributed by atoms with van der Waals surface area (Å²) in [5.41, 5.74) is 7.35. The molecular weight excluding hydrogens is 316 g/mol. The van der Waals surface area contributed by atoms with Crippen LogP contribution in [0.5, 0.6) is 0 Å². The van der Waals surface area contributed by atoms with Crippen LogP contribution in [0.4, 0.5) is 0 Å². The Balaban J connectivity index is 1.86. The maximum Gasteiger partial charge on any atom is 0.193 e. The lowest BCUT2D eigenvalue weighted by atomic mass is 9.93. The van der Waals surface area contributed by atoms with Crippen LogP contribution in [0.2, 0.25) is 0 Å². The molecule has 0 saturated carbocycles. The highest BCUT2D eigenvalue weighted by Gasteiger charge is 2.28. The number of hydrogen-bond donors (Lipinski definition) is 0. The van der Waals surface area contributed by atoms with Gasteiger partial charge in [-0.05, 0) is 41.2 Å². The first-order chi connectivity index (χ1) is 12.8. The number of ketones is 1. The van der Waals surface area contributed by atoms with Gasteiger partial charge in [-0.1, -0.05) is 91.0 Å². The van der Waals surface area contributed by atoms with Gasteiger partial charge in [0.15, 0.2) is 5.78 Å². The third kappa shape index (κ3) is 2.93. The van der Waals surface area contributed by atoms with Crippen LogP contribution in [0.1, 0.15) is 34.8 Å². The molecule has 0 fully saturated rings. The topological polar surface area (TPSA) is 17.1 Å². The van der Waals surface area contributed by atoms with Crippen LogP contribution < -0.4 is 0 Å². The summed E-state index contributed by atoms with van der Waals surface area (Å²) in [5, 5.41) is 0. The predicted molar refractivity (Wildman–Crippen MR) is 108 cm³/mol. The summed E-state index contributed by atoms with van der Waals surface area (Å²) in [5.74, 6) is 0.105. The molecule has 126 valence electrons. The molecule has 0 N–H and O–H groups in total. The molecule has 0 spiro atoms. The monoisotopic (exact) mass is 336 g/mol. The Kier molecular flexibility index (Phi) is 4.37. The number of carbonyl (C=O) groups excluding carboxylic acids is 1. The molecule has 0 aliphatic heterocycles. The van der Waals surface area contributed by atoms with Crippen molar-refractivity contribution in [3.8, 4) is 0 Å².